The largest absolute Gasteiger partial charge is 0.352 e. The van der Waals surface area contributed by atoms with Gasteiger partial charge in [0.25, 0.3) is 5.91 Å². The van der Waals surface area contributed by atoms with Crippen molar-refractivity contribution < 1.29 is 14.0 Å². The molecule has 2 aromatic carbocycles. The Bertz CT molecular complexity index is 1470. The Kier molecular flexibility index (Phi) is 9.46. The number of carbonyl (C=O) groups is 2. The second kappa shape index (κ2) is 13.4. The normalized spacial score (nSPS) is 14.5. The third-order valence-electron chi connectivity index (χ3n) is 7.90. The van der Waals surface area contributed by atoms with Crippen LogP contribution in [0.25, 0.3) is 11.0 Å². The first kappa shape index (κ1) is 29.0. The monoisotopic (exact) mass is 575 g/mol. The first-order valence-electron chi connectivity index (χ1n) is 14.5. The highest BCUT2D eigenvalue weighted by Gasteiger charge is 2.22. The average Bonchev–Trinajstić information content (AvgIpc) is 3.61. The molecule has 2 amide bonds. The molecule has 9 heteroatoms. The van der Waals surface area contributed by atoms with Crippen LogP contribution >= 0.6 is 11.3 Å². The van der Waals surface area contributed by atoms with Crippen molar-refractivity contribution in [2.24, 2.45) is 0 Å². The molecule has 0 atom stereocenters. The van der Waals surface area contributed by atoms with Crippen molar-refractivity contribution in [3.63, 3.8) is 0 Å². The molecule has 1 saturated heterocycles. The number of aromatic nitrogens is 2. The van der Waals surface area contributed by atoms with E-state index in [4.69, 9.17) is 4.98 Å². The molecule has 0 aliphatic carbocycles. The SMILES string of the molecule is CCC(CC)n1c(Cc2cccs2)nc2cc(C(=O)NCC(=O)NC3CCN(Cc4cccc(F)c4)CC3)ccc21. The smallest absolute Gasteiger partial charge is 0.251 e. The highest BCUT2D eigenvalue weighted by molar-refractivity contribution is 7.09. The number of amides is 2. The number of nitrogens with zero attached hydrogens (tertiary/aromatic N) is 3. The first-order valence-corrected chi connectivity index (χ1v) is 15.4. The maximum atomic E-state index is 13.5. The Labute approximate surface area is 244 Å². The van der Waals surface area contributed by atoms with Crippen LogP contribution in [0.1, 0.15) is 72.2 Å². The fourth-order valence-electron chi connectivity index (χ4n) is 5.72. The molecule has 2 N–H and O–H groups in total. The summed E-state index contributed by atoms with van der Waals surface area (Å²) in [7, 11) is 0. The average molecular weight is 576 g/mol. The number of thiophene rings is 1. The molecule has 1 fully saturated rings. The molecule has 5 rings (SSSR count). The van der Waals surface area contributed by atoms with Crippen LogP contribution in [0, 0.1) is 5.82 Å². The quantitative estimate of drug-likeness (QED) is 0.241. The van der Waals surface area contributed by atoms with E-state index >= 15 is 0 Å². The van der Waals surface area contributed by atoms with Crippen LogP contribution in [-0.4, -0.2) is 51.9 Å². The van der Waals surface area contributed by atoms with E-state index in [0.717, 1.165) is 67.6 Å². The standard InChI is InChI=1S/C32H38FN5O2S/c1-3-26(4-2)38-29-11-10-23(18-28(29)36-30(38)19-27-9-6-16-41-27)32(40)34-20-31(39)35-25-12-14-37(15-13-25)21-22-7-5-8-24(33)17-22/h5-11,16-18,25-26H,3-4,12-15,19-21H2,1-2H3,(H,34,40)(H,35,39). The van der Waals surface area contributed by atoms with Crippen LogP contribution < -0.4 is 10.6 Å². The van der Waals surface area contributed by atoms with Gasteiger partial charge in [0.15, 0.2) is 0 Å². The Hall–Kier alpha value is -3.56. The summed E-state index contributed by atoms with van der Waals surface area (Å²) in [5.41, 5.74) is 3.27. The molecule has 3 heterocycles. The fraction of sp³-hybridized carbons (Fsp3) is 0.406. The van der Waals surface area contributed by atoms with Crippen LogP contribution in [-0.2, 0) is 17.8 Å². The zero-order valence-electron chi connectivity index (χ0n) is 23.7. The van der Waals surface area contributed by atoms with Crippen molar-refractivity contribution >= 4 is 34.2 Å². The first-order chi connectivity index (χ1) is 19.9. The zero-order chi connectivity index (χ0) is 28.8. The Morgan fingerprint density at radius 2 is 1.88 bits per heavy atom. The molecule has 4 aromatic rings. The lowest BCUT2D eigenvalue weighted by atomic mass is 10.0. The lowest BCUT2D eigenvalue weighted by Gasteiger charge is -2.32. The van der Waals surface area contributed by atoms with Crippen LogP contribution in [0.3, 0.4) is 0 Å². The Morgan fingerprint density at radius 1 is 1.07 bits per heavy atom. The number of piperidine rings is 1. The maximum absolute atomic E-state index is 13.5. The summed E-state index contributed by atoms with van der Waals surface area (Å²) >= 11 is 1.72. The summed E-state index contributed by atoms with van der Waals surface area (Å²) in [5, 5.41) is 7.90. The molecular formula is C32H38FN5O2S. The minimum absolute atomic E-state index is 0.0651. The van der Waals surface area contributed by atoms with E-state index in [1.165, 1.54) is 10.9 Å². The summed E-state index contributed by atoms with van der Waals surface area (Å²) < 4.78 is 15.8. The van der Waals surface area contributed by atoms with Gasteiger partial charge in [-0.1, -0.05) is 32.0 Å². The van der Waals surface area contributed by atoms with Crippen molar-refractivity contribution in [1.29, 1.82) is 0 Å². The second-order valence-electron chi connectivity index (χ2n) is 10.8. The van der Waals surface area contributed by atoms with E-state index in [1.807, 2.05) is 24.3 Å². The molecule has 0 radical (unpaired) electrons. The van der Waals surface area contributed by atoms with Gasteiger partial charge in [-0.3, -0.25) is 14.5 Å². The molecule has 7 nitrogen and oxygen atoms in total. The van der Waals surface area contributed by atoms with E-state index in [2.05, 4.69) is 51.5 Å². The van der Waals surface area contributed by atoms with Gasteiger partial charge in [0.2, 0.25) is 5.91 Å². The van der Waals surface area contributed by atoms with Gasteiger partial charge in [-0.2, -0.15) is 0 Å². The number of imidazole rings is 1. The molecule has 0 spiro atoms. The lowest BCUT2D eigenvalue weighted by molar-refractivity contribution is -0.121. The number of likely N-dealkylation sites (tertiary alicyclic amines) is 1. The number of halogens is 1. The van der Waals surface area contributed by atoms with Crippen LogP contribution in [0.5, 0.6) is 0 Å². The molecule has 1 aliphatic rings. The predicted molar refractivity (Wildman–Crippen MR) is 162 cm³/mol. The van der Waals surface area contributed by atoms with E-state index in [1.54, 1.807) is 23.5 Å². The zero-order valence-corrected chi connectivity index (χ0v) is 24.6. The molecule has 0 bridgehead atoms. The number of nitrogens with one attached hydrogen (secondary N) is 2. The number of carbonyl (C=O) groups excluding carboxylic acids is 2. The number of fused-ring (bicyclic) bond motifs is 1. The van der Waals surface area contributed by atoms with Crippen LogP contribution in [0.2, 0.25) is 0 Å². The number of benzene rings is 2. The van der Waals surface area contributed by atoms with Gasteiger partial charge < -0.3 is 15.2 Å². The number of rotatable bonds is 11. The highest BCUT2D eigenvalue weighted by atomic mass is 32.1. The second-order valence-corrected chi connectivity index (χ2v) is 11.8. The van der Waals surface area contributed by atoms with Crippen molar-refractivity contribution in [2.45, 2.75) is 64.6 Å². The minimum atomic E-state index is -0.288. The summed E-state index contributed by atoms with van der Waals surface area (Å²) in [6.45, 7) is 6.66. The Balaban J connectivity index is 1.16. The van der Waals surface area contributed by atoms with Crippen molar-refractivity contribution in [1.82, 2.24) is 25.1 Å². The molecule has 0 saturated carbocycles. The van der Waals surface area contributed by atoms with Gasteiger partial charge in [-0.25, -0.2) is 9.37 Å². The highest BCUT2D eigenvalue weighted by Crippen LogP contribution is 2.28. The molecular weight excluding hydrogens is 537 g/mol. The number of hydrogen-bond donors (Lipinski definition) is 2. The number of hydrogen-bond acceptors (Lipinski definition) is 5. The topological polar surface area (TPSA) is 79.3 Å². The predicted octanol–water partition coefficient (Wildman–Crippen LogP) is 5.70. The molecule has 216 valence electrons. The lowest BCUT2D eigenvalue weighted by Crippen LogP contribution is -2.47. The van der Waals surface area contributed by atoms with Gasteiger partial charge in [0, 0.05) is 48.6 Å². The molecule has 2 aromatic heterocycles. The van der Waals surface area contributed by atoms with Gasteiger partial charge in [0.05, 0.1) is 17.6 Å². The van der Waals surface area contributed by atoms with E-state index in [0.29, 0.717) is 18.2 Å². The van der Waals surface area contributed by atoms with Gasteiger partial charge in [-0.05, 0) is 73.0 Å². The molecule has 0 unspecified atom stereocenters. The third-order valence-corrected chi connectivity index (χ3v) is 8.78. The van der Waals surface area contributed by atoms with Crippen molar-refractivity contribution in [3.05, 3.63) is 87.6 Å². The van der Waals surface area contributed by atoms with E-state index < -0.39 is 0 Å². The third kappa shape index (κ3) is 7.21. The van der Waals surface area contributed by atoms with Crippen LogP contribution in [0.15, 0.2) is 60.0 Å². The molecule has 1 aliphatic heterocycles. The Morgan fingerprint density at radius 3 is 2.59 bits per heavy atom. The maximum Gasteiger partial charge on any atom is 0.251 e. The summed E-state index contributed by atoms with van der Waals surface area (Å²) in [6.07, 6.45) is 4.40. The molecule has 41 heavy (non-hydrogen) atoms. The van der Waals surface area contributed by atoms with Crippen LogP contribution in [0.4, 0.5) is 4.39 Å². The summed E-state index contributed by atoms with van der Waals surface area (Å²) in [5.74, 6) is 0.306. The van der Waals surface area contributed by atoms with Crippen molar-refractivity contribution in [2.75, 3.05) is 19.6 Å². The fourth-order valence-corrected chi connectivity index (χ4v) is 6.42. The van der Waals surface area contributed by atoms with Gasteiger partial charge in [-0.15, -0.1) is 11.3 Å². The summed E-state index contributed by atoms with van der Waals surface area (Å²) in [6, 6.07) is 16.9. The van der Waals surface area contributed by atoms with Gasteiger partial charge in [0.1, 0.15) is 11.6 Å². The minimum Gasteiger partial charge on any atom is -0.352 e. The van der Waals surface area contributed by atoms with Gasteiger partial charge >= 0.3 is 0 Å². The van der Waals surface area contributed by atoms with Crippen molar-refractivity contribution in [3.8, 4) is 0 Å². The van der Waals surface area contributed by atoms with E-state index in [-0.39, 0.29) is 30.2 Å². The summed E-state index contributed by atoms with van der Waals surface area (Å²) in [4.78, 5) is 34.0. The van der Waals surface area contributed by atoms with E-state index in [9.17, 15) is 14.0 Å².